The monoisotopic (exact) mass is 198 g/mol. The van der Waals surface area contributed by atoms with Crippen molar-refractivity contribution in [1.29, 1.82) is 0 Å². The highest BCUT2D eigenvalue weighted by Gasteiger charge is 2.43. The highest BCUT2D eigenvalue weighted by Crippen LogP contribution is 2.47. The molecule has 0 amide bonds. The standard InChI is InChI=1S/C12H22O2/c1-5-12(10(13)14-4)8-6-11(2,3)7-9-12/h5-9H2,1-4H3. The molecular formula is C12H22O2. The van der Waals surface area contributed by atoms with Crippen LogP contribution >= 0.6 is 0 Å². The second-order valence-corrected chi connectivity index (χ2v) is 5.29. The van der Waals surface area contributed by atoms with E-state index in [-0.39, 0.29) is 11.4 Å². The van der Waals surface area contributed by atoms with Gasteiger partial charge in [-0.3, -0.25) is 4.79 Å². The molecule has 0 radical (unpaired) electrons. The van der Waals surface area contributed by atoms with Gasteiger partial charge < -0.3 is 4.74 Å². The first-order chi connectivity index (χ1) is 6.46. The van der Waals surface area contributed by atoms with Crippen LogP contribution in [0.4, 0.5) is 0 Å². The average molecular weight is 198 g/mol. The molecule has 2 heteroatoms. The molecule has 0 bridgehead atoms. The van der Waals surface area contributed by atoms with Gasteiger partial charge in [0.15, 0.2) is 0 Å². The summed E-state index contributed by atoms with van der Waals surface area (Å²) < 4.78 is 4.91. The summed E-state index contributed by atoms with van der Waals surface area (Å²) in [5, 5.41) is 0. The van der Waals surface area contributed by atoms with Crippen LogP contribution in [0.5, 0.6) is 0 Å². The molecule has 2 nitrogen and oxygen atoms in total. The minimum atomic E-state index is -0.176. The second kappa shape index (κ2) is 3.92. The maximum Gasteiger partial charge on any atom is 0.311 e. The number of methoxy groups -OCH3 is 1. The van der Waals surface area contributed by atoms with Gasteiger partial charge in [0, 0.05) is 0 Å². The van der Waals surface area contributed by atoms with E-state index in [0.29, 0.717) is 5.41 Å². The summed E-state index contributed by atoms with van der Waals surface area (Å²) >= 11 is 0. The molecule has 1 saturated carbocycles. The van der Waals surface area contributed by atoms with Gasteiger partial charge in [0.05, 0.1) is 12.5 Å². The zero-order valence-corrected chi connectivity index (χ0v) is 9.85. The lowest BCUT2D eigenvalue weighted by Gasteiger charge is -2.41. The van der Waals surface area contributed by atoms with Gasteiger partial charge in [-0.1, -0.05) is 20.8 Å². The number of carbonyl (C=O) groups excluding carboxylic acids is 1. The topological polar surface area (TPSA) is 26.3 Å². The van der Waals surface area contributed by atoms with Crippen LogP contribution < -0.4 is 0 Å². The highest BCUT2D eigenvalue weighted by atomic mass is 16.5. The van der Waals surface area contributed by atoms with Crippen molar-refractivity contribution in [3.63, 3.8) is 0 Å². The van der Waals surface area contributed by atoms with Gasteiger partial charge in [-0.15, -0.1) is 0 Å². The molecule has 0 unspecified atom stereocenters. The largest absolute Gasteiger partial charge is 0.469 e. The van der Waals surface area contributed by atoms with Crippen molar-refractivity contribution < 1.29 is 9.53 Å². The number of esters is 1. The first kappa shape index (κ1) is 11.5. The average Bonchev–Trinajstić information content (AvgIpc) is 2.18. The molecule has 0 saturated heterocycles. The fourth-order valence-corrected chi connectivity index (χ4v) is 2.32. The van der Waals surface area contributed by atoms with Crippen molar-refractivity contribution in [2.24, 2.45) is 10.8 Å². The lowest BCUT2D eigenvalue weighted by molar-refractivity contribution is -0.156. The predicted octanol–water partition coefficient (Wildman–Crippen LogP) is 3.16. The van der Waals surface area contributed by atoms with Gasteiger partial charge >= 0.3 is 5.97 Å². The van der Waals surface area contributed by atoms with E-state index in [1.54, 1.807) is 0 Å². The molecule has 14 heavy (non-hydrogen) atoms. The van der Waals surface area contributed by atoms with Crippen molar-refractivity contribution >= 4 is 5.97 Å². The van der Waals surface area contributed by atoms with Crippen LogP contribution in [0.25, 0.3) is 0 Å². The maximum atomic E-state index is 11.7. The van der Waals surface area contributed by atoms with Gasteiger partial charge in [0.25, 0.3) is 0 Å². The van der Waals surface area contributed by atoms with E-state index in [9.17, 15) is 4.79 Å². The van der Waals surface area contributed by atoms with Crippen LogP contribution in [0.3, 0.4) is 0 Å². The Hall–Kier alpha value is -0.530. The Kier molecular flexibility index (Phi) is 3.23. The summed E-state index contributed by atoms with van der Waals surface area (Å²) in [5.74, 6) is -0.00417. The Balaban J connectivity index is 2.71. The molecule has 1 aliphatic carbocycles. The van der Waals surface area contributed by atoms with Crippen LogP contribution in [-0.4, -0.2) is 13.1 Å². The van der Waals surface area contributed by atoms with E-state index in [2.05, 4.69) is 20.8 Å². The first-order valence-electron chi connectivity index (χ1n) is 5.54. The molecule has 0 heterocycles. The SMILES string of the molecule is CCC1(C(=O)OC)CCC(C)(C)CC1. The third-order valence-corrected chi connectivity index (χ3v) is 3.86. The third-order valence-electron chi connectivity index (χ3n) is 3.86. The van der Waals surface area contributed by atoms with Crippen molar-refractivity contribution in [3.8, 4) is 0 Å². The van der Waals surface area contributed by atoms with Gasteiger partial charge in [0.1, 0.15) is 0 Å². The second-order valence-electron chi connectivity index (χ2n) is 5.29. The zero-order chi connectivity index (χ0) is 10.8. The third kappa shape index (κ3) is 2.10. The molecule has 82 valence electrons. The van der Waals surface area contributed by atoms with E-state index in [1.165, 1.54) is 7.11 Å². The number of carbonyl (C=O) groups is 1. The molecule has 0 atom stereocenters. The van der Waals surface area contributed by atoms with Gasteiger partial charge in [-0.05, 0) is 37.5 Å². The molecule has 0 N–H and O–H groups in total. The number of hydrogen-bond donors (Lipinski definition) is 0. The lowest BCUT2D eigenvalue weighted by atomic mass is 9.64. The summed E-state index contributed by atoms with van der Waals surface area (Å²) in [6.45, 7) is 6.66. The Morgan fingerprint density at radius 1 is 1.21 bits per heavy atom. The Morgan fingerprint density at radius 2 is 1.71 bits per heavy atom. The molecule has 1 aliphatic rings. The molecule has 0 aromatic carbocycles. The van der Waals surface area contributed by atoms with Gasteiger partial charge in [-0.25, -0.2) is 0 Å². The highest BCUT2D eigenvalue weighted by molar-refractivity contribution is 5.76. The van der Waals surface area contributed by atoms with Crippen LogP contribution in [-0.2, 0) is 9.53 Å². The summed E-state index contributed by atoms with van der Waals surface area (Å²) in [7, 11) is 1.50. The Labute approximate surface area is 87.0 Å². The summed E-state index contributed by atoms with van der Waals surface area (Å²) in [5.41, 5.74) is 0.233. The molecular weight excluding hydrogens is 176 g/mol. The molecule has 1 fully saturated rings. The van der Waals surface area contributed by atoms with Crippen LogP contribution in [0, 0.1) is 10.8 Å². The lowest BCUT2D eigenvalue weighted by Crippen LogP contribution is -2.38. The maximum absolute atomic E-state index is 11.7. The smallest absolute Gasteiger partial charge is 0.311 e. The summed E-state index contributed by atoms with van der Waals surface area (Å²) in [4.78, 5) is 11.7. The minimum absolute atomic E-state index is 0.00417. The van der Waals surface area contributed by atoms with E-state index in [1.807, 2.05) is 0 Å². The Bertz CT molecular complexity index is 208. The quantitative estimate of drug-likeness (QED) is 0.637. The Morgan fingerprint density at radius 3 is 2.07 bits per heavy atom. The fraction of sp³-hybridized carbons (Fsp3) is 0.917. The van der Waals surface area contributed by atoms with Crippen molar-refractivity contribution in [2.75, 3.05) is 7.11 Å². The van der Waals surface area contributed by atoms with E-state index in [0.717, 1.165) is 32.1 Å². The van der Waals surface area contributed by atoms with Crippen LogP contribution in [0.2, 0.25) is 0 Å². The molecule has 0 spiro atoms. The fourth-order valence-electron chi connectivity index (χ4n) is 2.32. The van der Waals surface area contributed by atoms with Gasteiger partial charge in [-0.2, -0.15) is 0 Å². The number of rotatable bonds is 2. The number of hydrogen-bond acceptors (Lipinski definition) is 2. The van der Waals surface area contributed by atoms with E-state index in [4.69, 9.17) is 4.74 Å². The van der Waals surface area contributed by atoms with Crippen molar-refractivity contribution in [1.82, 2.24) is 0 Å². The molecule has 1 rings (SSSR count). The van der Waals surface area contributed by atoms with Crippen LogP contribution in [0.1, 0.15) is 52.9 Å². The summed E-state index contributed by atoms with van der Waals surface area (Å²) in [6, 6.07) is 0. The number of ether oxygens (including phenoxy) is 1. The molecule has 0 aliphatic heterocycles. The van der Waals surface area contributed by atoms with Gasteiger partial charge in [0.2, 0.25) is 0 Å². The van der Waals surface area contributed by atoms with E-state index < -0.39 is 0 Å². The molecule has 0 aromatic rings. The van der Waals surface area contributed by atoms with Crippen molar-refractivity contribution in [2.45, 2.75) is 52.9 Å². The van der Waals surface area contributed by atoms with E-state index >= 15 is 0 Å². The summed E-state index contributed by atoms with van der Waals surface area (Å²) in [6.07, 6.45) is 5.16. The molecule has 0 aromatic heterocycles. The normalized spacial score (nSPS) is 24.3. The zero-order valence-electron chi connectivity index (χ0n) is 9.85. The van der Waals surface area contributed by atoms with Crippen LogP contribution in [0.15, 0.2) is 0 Å². The van der Waals surface area contributed by atoms with Crippen molar-refractivity contribution in [3.05, 3.63) is 0 Å². The minimum Gasteiger partial charge on any atom is -0.469 e. The first-order valence-corrected chi connectivity index (χ1v) is 5.54. The predicted molar refractivity (Wildman–Crippen MR) is 57.0 cm³/mol.